The lowest BCUT2D eigenvalue weighted by molar-refractivity contribution is -0.188. The van der Waals surface area contributed by atoms with Crippen molar-refractivity contribution in [1.82, 2.24) is 9.88 Å². The molecular formula is C19H24ClN3O. The molecule has 3 heterocycles. The van der Waals surface area contributed by atoms with Gasteiger partial charge in [0, 0.05) is 40.3 Å². The summed E-state index contributed by atoms with van der Waals surface area (Å²) in [6.45, 7) is 7.74. The lowest BCUT2D eigenvalue weighted by atomic mass is 9.78. The molecule has 1 spiro atoms. The van der Waals surface area contributed by atoms with Crippen molar-refractivity contribution < 1.29 is 4.74 Å². The lowest BCUT2D eigenvalue weighted by Gasteiger charge is -2.55. The summed E-state index contributed by atoms with van der Waals surface area (Å²) < 4.78 is 5.33. The van der Waals surface area contributed by atoms with E-state index in [9.17, 15) is 0 Å². The van der Waals surface area contributed by atoms with Crippen LogP contribution in [-0.4, -0.2) is 42.7 Å². The highest BCUT2D eigenvalue weighted by atomic mass is 35.5. The molecule has 2 aromatic rings. The number of hydrogen-bond donors (Lipinski definition) is 1. The lowest BCUT2D eigenvalue weighted by Crippen LogP contribution is -2.65. The Bertz CT molecular complexity index is 752. The highest BCUT2D eigenvalue weighted by Gasteiger charge is 2.48. The fraction of sp³-hybridized carbons (Fsp3) is 0.526. The number of rotatable bonds is 5. The van der Waals surface area contributed by atoms with Gasteiger partial charge in [-0.15, -0.1) is 0 Å². The van der Waals surface area contributed by atoms with Crippen LogP contribution in [0.5, 0.6) is 0 Å². The molecule has 128 valence electrons. The van der Waals surface area contributed by atoms with E-state index < -0.39 is 0 Å². The number of likely N-dealkylation sites (tertiary alicyclic amines) is 1. The number of ether oxygens (including phenoxy) is 1. The van der Waals surface area contributed by atoms with E-state index in [1.54, 1.807) is 0 Å². The number of anilines is 1. The minimum atomic E-state index is 0.401. The van der Waals surface area contributed by atoms with Crippen LogP contribution in [0.25, 0.3) is 10.9 Å². The molecule has 1 aromatic carbocycles. The predicted molar refractivity (Wildman–Crippen MR) is 98.5 cm³/mol. The Hall–Kier alpha value is -1.36. The van der Waals surface area contributed by atoms with Gasteiger partial charge in [-0.1, -0.05) is 18.5 Å². The van der Waals surface area contributed by atoms with Crippen LogP contribution in [0.4, 0.5) is 5.69 Å². The molecule has 1 unspecified atom stereocenters. The van der Waals surface area contributed by atoms with Crippen molar-refractivity contribution in [2.24, 2.45) is 5.41 Å². The normalized spacial score (nSPS) is 20.8. The number of halogens is 1. The summed E-state index contributed by atoms with van der Waals surface area (Å²) in [5.74, 6) is 0.401. The number of benzene rings is 1. The molecule has 0 bridgehead atoms. The van der Waals surface area contributed by atoms with E-state index in [0.717, 1.165) is 41.9 Å². The third kappa shape index (κ3) is 2.99. The van der Waals surface area contributed by atoms with Crippen LogP contribution < -0.4 is 5.73 Å². The van der Waals surface area contributed by atoms with Gasteiger partial charge in [-0.25, -0.2) is 0 Å². The van der Waals surface area contributed by atoms with E-state index in [1.165, 1.54) is 26.1 Å². The van der Waals surface area contributed by atoms with Crippen molar-refractivity contribution >= 4 is 28.2 Å². The molecule has 2 N–H and O–H groups in total. The molecule has 1 atom stereocenters. The van der Waals surface area contributed by atoms with Gasteiger partial charge < -0.3 is 15.4 Å². The molecule has 1 aromatic heterocycles. The molecule has 0 radical (unpaired) electrons. The third-order valence-corrected chi connectivity index (χ3v) is 5.61. The minimum absolute atomic E-state index is 0.401. The smallest absolute Gasteiger partial charge is 0.0740 e. The highest BCUT2D eigenvalue weighted by molar-refractivity contribution is 6.31. The van der Waals surface area contributed by atoms with E-state index in [1.807, 2.05) is 24.3 Å². The third-order valence-electron chi connectivity index (χ3n) is 5.37. The first kappa shape index (κ1) is 16.1. The van der Waals surface area contributed by atoms with E-state index in [-0.39, 0.29) is 0 Å². The summed E-state index contributed by atoms with van der Waals surface area (Å²) >= 11 is 6.09. The molecule has 4 rings (SSSR count). The summed E-state index contributed by atoms with van der Waals surface area (Å²) in [4.78, 5) is 7.32. The van der Waals surface area contributed by atoms with Gasteiger partial charge in [0.05, 0.1) is 18.7 Å². The van der Waals surface area contributed by atoms with E-state index >= 15 is 0 Å². The second kappa shape index (κ2) is 6.17. The van der Waals surface area contributed by atoms with Crippen LogP contribution in [-0.2, 0) is 4.74 Å². The Morgan fingerprint density at radius 2 is 2.12 bits per heavy atom. The topological polar surface area (TPSA) is 51.4 Å². The zero-order chi connectivity index (χ0) is 16.7. The van der Waals surface area contributed by atoms with Gasteiger partial charge >= 0.3 is 0 Å². The van der Waals surface area contributed by atoms with Crippen molar-refractivity contribution in [2.75, 3.05) is 38.6 Å². The van der Waals surface area contributed by atoms with Crippen molar-refractivity contribution in [3.63, 3.8) is 0 Å². The number of nitrogens with two attached hydrogens (primary N) is 1. The first-order valence-electron chi connectivity index (χ1n) is 8.70. The summed E-state index contributed by atoms with van der Waals surface area (Å²) in [7, 11) is 0. The number of nitrogen functional groups attached to an aromatic ring is 1. The van der Waals surface area contributed by atoms with Crippen LogP contribution in [0.1, 0.15) is 31.4 Å². The Balaban J connectivity index is 1.35. The fourth-order valence-corrected chi connectivity index (χ4v) is 4.07. The fourth-order valence-electron chi connectivity index (χ4n) is 3.91. The van der Waals surface area contributed by atoms with Crippen LogP contribution in [0.3, 0.4) is 0 Å². The van der Waals surface area contributed by atoms with Gasteiger partial charge in [-0.2, -0.15) is 0 Å². The van der Waals surface area contributed by atoms with Gasteiger partial charge in [0.25, 0.3) is 0 Å². The molecular weight excluding hydrogens is 322 g/mol. The zero-order valence-electron chi connectivity index (χ0n) is 14.1. The Kier molecular flexibility index (Phi) is 4.15. The summed E-state index contributed by atoms with van der Waals surface area (Å²) in [5, 5.41) is 1.68. The van der Waals surface area contributed by atoms with E-state index in [2.05, 4.69) is 11.8 Å². The van der Waals surface area contributed by atoms with Crippen molar-refractivity contribution in [3.05, 3.63) is 35.0 Å². The maximum absolute atomic E-state index is 6.20. The van der Waals surface area contributed by atoms with Crippen LogP contribution in [0.2, 0.25) is 5.02 Å². The van der Waals surface area contributed by atoms with Gasteiger partial charge in [0.1, 0.15) is 0 Å². The number of aromatic nitrogens is 1. The predicted octanol–water partition coefficient (Wildman–Crippen LogP) is 3.69. The molecule has 0 aliphatic carbocycles. The van der Waals surface area contributed by atoms with Crippen LogP contribution in [0.15, 0.2) is 24.3 Å². The first-order valence-corrected chi connectivity index (χ1v) is 9.08. The molecule has 4 nitrogen and oxygen atoms in total. The molecule has 5 heteroatoms. The molecule has 2 aliphatic rings. The Labute approximate surface area is 147 Å². The summed E-state index contributed by atoms with van der Waals surface area (Å²) in [5.41, 5.74) is 9.45. The maximum atomic E-state index is 6.20. The minimum Gasteiger partial charge on any atom is -0.398 e. The number of pyridine rings is 1. The van der Waals surface area contributed by atoms with Crippen molar-refractivity contribution in [2.45, 2.75) is 25.7 Å². The van der Waals surface area contributed by atoms with Gasteiger partial charge in [-0.3, -0.25) is 4.98 Å². The maximum Gasteiger partial charge on any atom is 0.0740 e. The average Bonchev–Trinajstić information content (AvgIpc) is 2.46. The second-order valence-corrected chi connectivity index (χ2v) is 7.98. The van der Waals surface area contributed by atoms with Gasteiger partial charge in [0.15, 0.2) is 0 Å². The standard InChI is InChI=1S/C19H24ClN3O/c1-13(3-2-6-23-9-19(10-23)11-24-12-19)17-8-16(21)15-5-4-14(20)7-18(15)22-17/h4-5,7-8,13H,2-3,6,9-12H2,1H3,(H2,21,22). The molecule has 2 aliphatic heterocycles. The number of hydrogen-bond acceptors (Lipinski definition) is 4. The van der Waals surface area contributed by atoms with E-state index in [0.29, 0.717) is 16.4 Å². The molecule has 0 amide bonds. The Morgan fingerprint density at radius 3 is 2.83 bits per heavy atom. The molecule has 2 saturated heterocycles. The molecule has 0 saturated carbocycles. The highest BCUT2D eigenvalue weighted by Crippen LogP contribution is 2.37. The van der Waals surface area contributed by atoms with Crippen molar-refractivity contribution in [3.8, 4) is 0 Å². The summed E-state index contributed by atoms with van der Waals surface area (Å²) in [6.07, 6.45) is 2.31. The van der Waals surface area contributed by atoms with Crippen LogP contribution >= 0.6 is 11.6 Å². The summed E-state index contributed by atoms with van der Waals surface area (Å²) in [6, 6.07) is 7.71. The first-order chi connectivity index (χ1) is 11.5. The van der Waals surface area contributed by atoms with E-state index in [4.69, 9.17) is 27.1 Å². The largest absolute Gasteiger partial charge is 0.398 e. The number of nitrogens with zero attached hydrogens (tertiary/aromatic N) is 2. The quantitative estimate of drug-likeness (QED) is 0.898. The average molecular weight is 346 g/mol. The second-order valence-electron chi connectivity index (χ2n) is 7.54. The van der Waals surface area contributed by atoms with Crippen molar-refractivity contribution in [1.29, 1.82) is 0 Å². The van der Waals surface area contributed by atoms with Gasteiger partial charge in [-0.05, 0) is 49.6 Å². The Morgan fingerprint density at radius 1 is 1.33 bits per heavy atom. The number of fused-ring (bicyclic) bond motifs is 1. The monoisotopic (exact) mass is 345 g/mol. The SMILES string of the molecule is CC(CCCN1CC2(COC2)C1)c1cc(N)c2ccc(Cl)cc2n1. The van der Waals surface area contributed by atoms with Gasteiger partial charge in [0.2, 0.25) is 0 Å². The zero-order valence-corrected chi connectivity index (χ0v) is 14.9. The molecule has 24 heavy (non-hydrogen) atoms. The van der Waals surface area contributed by atoms with Crippen LogP contribution in [0, 0.1) is 5.41 Å². The molecule has 2 fully saturated rings.